The molecule has 3 nitrogen and oxygen atoms in total. The Balaban J connectivity index is 0.00000242. The summed E-state index contributed by atoms with van der Waals surface area (Å²) in [4.78, 5) is 12.0. The summed E-state index contributed by atoms with van der Waals surface area (Å²) < 4.78 is 32.1. The molecule has 0 unspecified atom stereocenters. The standard InChI is InChI=1S/C15H13F2INO2.Y/c1-2-21-11-5-3-10(4-6-11)13-8-7-12(18)15(20)19(13)9-14(16)17;/h3-7,14H,2,9H2,1H3;/q-1;. The third-order valence-corrected chi connectivity index (χ3v) is 3.59. The molecular formula is C15H13F2INO2Y-. The van der Waals surface area contributed by atoms with Crippen molar-refractivity contribution in [2.24, 2.45) is 0 Å². The summed E-state index contributed by atoms with van der Waals surface area (Å²) in [6, 6.07) is 11.3. The molecular weight excluding hydrogens is 480 g/mol. The van der Waals surface area contributed by atoms with Gasteiger partial charge < -0.3 is 9.30 Å². The van der Waals surface area contributed by atoms with Gasteiger partial charge in [-0.05, 0) is 22.6 Å². The molecule has 0 aliphatic carbocycles. The number of benzene rings is 1. The van der Waals surface area contributed by atoms with Gasteiger partial charge in [-0.1, -0.05) is 11.3 Å². The van der Waals surface area contributed by atoms with Gasteiger partial charge in [-0.15, -0.1) is 34.7 Å². The summed E-state index contributed by atoms with van der Waals surface area (Å²) in [5.74, 6) is 0.689. The monoisotopic (exact) mass is 493 g/mol. The topological polar surface area (TPSA) is 31.2 Å². The molecule has 0 saturated carbocycles. The number of hydrogen-bond donors (Lipinski definition) is 0. The van der Waals surface area contributed by atoms with E-state index in [0.29, 0.717) is 27.2 Å². The largest absolute Gasteiger partial charge is 0.494 e. The number of rotatable bonds is 5. The second-order valence-electron chi connectivity index (χ2n) is 4.25. The summed E-state index contributed by atoms with van der Waals surface area (Å²) >= 11 is 1.82. The SMILES string of the molecule is CCOc1ccc(-c2[c-]cc(I)c(=O)n2CC(F)F)cc1.[Y]. The van der Waals surface area contributed by atoms with Gasteiger partial charge in [-0.25, -0.2) is 8.78 Å². The van der Waals surface area contributed by atoms with Gasteiger partial charge >= 0.3 is 0 Å². The average molecular weight is 493 g/mol. The Bertz CT molecular complexity index is 674. The van der Waals surface area contributed by atoms with Crippen molar-refractivity contribution in [2.75, 3.05) is 6.61 Å². The quantitative estimate of drug-likeness (QED) is 0.472. The summed E-state index contributed by atoms with van der Waals surface area (Å²) in [6.45, 7) is 1.78. The van der Waals surface area contributed by atoms with E-state index in [-0.39, 0.29) is 32.7 Å². The first-order valence-electron chi connectivity index (χ1n) is 6.35. The third kappa shape index (κ3) is 4.83. The second kappa shape index (κ2) is 9.08. The van der Waals surface area contributed by atoms with Gasteiger partial charge in [0.25, 0.3) is 6.43 Å². The van der Waals surface area contributed by atoms with Crippen molar-refractivity contribution < 1.29 is 46.2 Å². The minimum atomic E-state index is -2.60. The first-order chi connectivity index (χ1) is 10.0. The van der Waals surface area contributed by atoms with Crippen molar-refractivity contribution in [3.63, 3.8) is 0 Å². The molecule has 0 saturated heterocycles. The van der Waals surface area contributed by atoms with Crippen LogP contribution in [0.1, 0.15) is 6.92 Å². The number of halogens is 3. The number of ether oxygens (including phenoxy) is 1. The van der Waals surface area contributed by atoms with Gasteiger partial charge in [-0.3, -0.25) is 4.79 Å². The average Bonchev–Trinajstić information content (AvgIpc) is 2.45. The number of alkyl halides is 2. The van der Waals surface area contributed by atoms with Crippen LogP contribution in [0.25, 0.3) is 11.3 Å². The zero-order chi connectivity index (χ0) is 15.4. The molecule has 2 rings (SSSR count). The number of hydrogen-bond acceptors (Lipinski definition) is 2. The minimum absolute atomic E-state index is 0. The van der Waals surface area contributed by atoms with Crippen LogP contribution in [0.15, 0.2) is 35.1 Å². The fourth-order valence-corrected chi connectivity index (χ4v) is 2.38. The molecule has 0 aliphatic heterocycles. The van der Waals surface area contributed by atoms with Crippen molar-refractivity contribution in [1.29, 1.82) is 0 Å². The van der Waals surface area contributed by atoms with Gasteiger partial charge in [0.05, 0.1) is 13.2 Å². The molecule has 0 bridgehead atoms. The van der Waals surface area contributed by atoms with Gasteiger partial charge in [0.15, 0.2) is 0 Å². The Hall–Kier alpha value is -0.336. The van der Waals surface area contributed by atoms with E-state index in [1.54, 1.807) is 24.3 Å². The third-order valence-electron chi connectivity index (χ3n) is 2.81. The molecule has 0 N–H and O–H groups in total. The van der Waals surface area contributed by atoms with E-state index in [1.807, 2.05) is 29.5 Å². The molecule has 7 heteroatoms. The molecule has 1 aromatic heterocycles. The van der Waals surface area contributed by atoms with E-state index in [0.717, 1.165) is 4.57 Å². The van der Waals surface area contributed by atoms with Gasteiger partial charge in [0, 0.05) is 32.7 Å². The van der Waals surface area contributed by atoms with Gasteiger partial charge in [0.1, 0.15) is 5.75 Å². The van der Waals surface area contributed by atoms with Crippen molar-refractivity contribution in [1.82, 2.24) is 4.57 Å². The molecule has 0 spiro atoms. The predicted molar refractivity (Wildman–Crippen MR) is 84.9 cm³/mol. The Labute approximate surface area is 166 Å². The van der Waals surface area contributed by atoms with Crippen LogP contribution in [-0.2, 0) is 39.3 Å². The van der Waals surface area contributed by atoms with Gasteiger partial charge in [0.2, 0.25) is 5.56 Å². The molecule has 0 fully saturated rings. The fourth-order valence-electron chi connectivity index (χ4n) is 1.93. The molecule has 1 heterocycles. The van der Waals surface area contributed by atoms with Crippen LogP contribution in [0.4, 0.5) is 8.78 Å². The normalized spacial score (nSPS) is 10.4. The Kier molecular flexibility index (Phi) is 8.14. The van der Waals surface area contributed by atoms with Crippen LogP contribution in [0, 0.1) is 9.64 Å². The van der Waals surface area contributed by atoms with Crippen molar-refractivity contribution >= 4 is 22.6 Å². The molecule has 2 aromatic rings. The van der Waals surface area contributed by atoms with E-state index in [4.69, 9.17) is 4.74 Å². The molecule has 0 aliphatic rings. The molecule has 0 atom stereocenters. The maximum atomic E-state index is 12.7. The summed E-state index contributed by atoms with van der Waals surface area (Å²) in [7, 11) is 0. The zero-order valence-electron chi connectivity index (χ0n) is 11.9. The Morgan fingerprint density at radius 2 is 1.95 bits per heavy atom. The molecule has 115 valence electrons. The van der Waals surface area contributed by atoms with Crippen molar-refractivity contribution in [2.45, 2.75) is 19.9 Å². The maximum Gasteiger partial charge on any atom is 0.256 e. The van der Waals surface area contributed by atoms with E-state index >= 15 is 0 Å². The summed E-state index contributed by atoms with van der Waals surface area (Å²) in [5.41, 5.74) is 0.565. The van der Waals surface area contributed by atoms with Crippen LogP contribution in [-0.4, -0.2) is 17.6 Å². The first kappa shape index (κ1) is 19.7. The van der Waals surface area contributed by atoms with E-state index in [9.17, 15) is 13.6 Å². The van der Waals surface area contributed by atoms with E-state index in [1.165, 1.54) is 6.07 Å². The zero-order valence-corrected chi connectivity index (χ0v) is 16.8. The predicted octanol–water partition coefficient (Wildman–Crippen LogP) is 3.58. The molecule has 1 radical (unpaired) electrons. The first-order valence-corrected chi connectivity index (χ1v) is 7.43. The van der Waals surface area contributed by atoms with Crippen molar-refractivity contribution in [3.05, 3.63) is 50.3 Å². The molecule has 0 amide bonds. The van der Waals surface area contributed by atoms with Crippen LogP contribution in [0.3, 0.4) is 0 Å². The Morgan fingerprint density at radius 3 is 2.50 bits per heavy atom. The Morgan fingerprint density at radius 1 is 1.32 bits per heavy atom. The number of pyridine rings is 1. The van der Waals surface area contributed by atoms with Crippen molar-refractivity contribution in [3.8, 4) is 17.0 Å². The van der Waals surface area contributed by atoms with Crippen LogP contribution in [0.2, 0.25) is 0 Å². The van der Waals surface area contributed by atoms with E-state index in [2.05, 4.69) is 6.07 Å². The molecule has 22 heavy (non-hydrogen) atoms. The van der Waals surface area contributed by atoms with Gasteiger partial charge in [-0.2, -0.15) is 12.1 Å². The van der Waals surface area contributed by atoms with E-state index < -0.39 is 18.5 Å². The minimum Gasteiger partial charge on any atom is -0.494 e. The maximum absolute atomic E-state index is 12.7. The smallest absolute Gasteiger partial charge is 0.256 e. The molecule has 1 aromatic carbocycles. The number of aromatic nitrogens is 1. The fraction of sp³-hybridized carbons (Fsp3) is 0.267. The van der Waals surface area contributed by atoms with Crippen LogP contribution in [0.5, 0.6) is 5.75 Å². The second-order valence-corrected chi connectivity index (χ2v) is 5.41. The summed E-state index contributed by atoms with van der Waals surface area (Å²) in [5, 5.41) is 0. The number of nitrogens with zero attached hydrogens (tertiary/aromatic N) is 1. The van der Waals surface area contributed by atoms with Crippen LogP contribution >= 0.6 is 22.6 Å². The summed E-state index contributed by atoms with van der Waals surface area (Å²) in [6.07, 6.45) is -2.60. The van der Waals surface area contributed by atoms with Crippen LogP contribution < -0.4 is 10.3 Å².